The van der Waals surface area contributed by atoms with Crippen molar-refractivity contribution < 1.29 is 14.3 Å². The highest BCUT2D eigenvalue weighted by Gasteiger charge is 2.23. The number of rotatable bonds is 8. The van der Waals surface area contributed by atoms with Crippen LogP contribution < -0.4 is 25.8 Å². The summed E-state index contributed by atoms with van der Waals surface area (Å²) in [6.45, 7) is 5.36. The molecule has 0 radical (unpaired) electrons. The van der Waals surface area contributed by atoms with Crippen LogP contribution in [0.5, 0.6) is 11.5 Å². The van der Waals surface area contributed by atoms with Crippen LogP contribution in [0.3, 0.4) is 0 Å². The fourth-order valence-corrected chi connectivity index (χ4v) is 4.67. The van der Waals surface area contributed by atoms with Crippen molar-refractivity contribution in [3.63, 3.8) is 0 Å². The van der Waals surface area contributed by atoms with Crippen LogP contribution in [-0.2, 0) is 4.79 Å². The minimum absolute atomic E-state index is 0.171. The number of anilines is 2. The first-order valence-electron chi connectivity index (χ1n) is 13.2. The second-order valence-corrected chi connectivity index (χ2v) is 9.58. The molecule has 1 fully saturated rings. The van der Waals surface area contributed by atoms with Gasteiger partial charge < -0.3 is 30.4 Å². The Labute approximate surface area is 218 Å². The molecule has 37 heavy (non-hydrogen) atoms. The van der Waals surface area contributed by atoms with E-state index in [9.17, 15) is 4.79 Å². The van der Waals surface area contributed by atoms with Gasteiger partial charge in [-0.2, -0.15) is 9.97 Å². The lowest BCUT2D eigenvalue weighted by Gasteiger charge is -2.26. The number of nitrogens with one attached hydrogen (secondary N) is 2. The summed E-state index contributed by atoms with van der Waals surface area (Å²) in [6, 6.07) is 13.0. The Hall–Kier alpha value is -3.75. The van der Waals surface area contributed by atoms with Gasteiger partial charge in [-0.3, -0.25) is 4.79 Å². The third-order valence-electron chi connectivity index (χ3n) is 6.53. The maximum atomic E-state index is 12.0. The number of ether oxygens (including phenoxy) is 2. The SMILES string of the molecule is CC1COc2ccccc2O1.CCNc1nc(N[C@H](CC2CCCCC2)C(N)=O)cc(-n2cccc2)n1. The average molecular weight is 507 g/mol. The Bertz CT molecular complexity index is 1130. The summed E-state index contributed by atoms with van der Waals surface area (Å²) in [5.41, 5.74) is 5.67. The summed E-state index contributed by atoms with van der Waals surface area (Å²) in [5.74, 6) is 3.80. The van der Waals surface area contributed by atoms with E-state index in [1.165, 1.54) is 32.1 Å². The Morgan fingerprint density at radius 1 is 1.11 bits per heavy atom. The van der Waals surface area contributed by atoms with E-state index in [0.717, 1.165) is 30.3 Å². The van der Waals surface area contributed by atoms with Crippen LogP contribution in [0.25, 0.3) is 5.82 Å². The molecule has 0 saturated heterocycles. The second-order valence-electron chi connectivity index (χ2n) is 9.58. The van der Waals surface area contributed by atoms with E-state index in [4.69, 9.17) is 15.2 Å². The topological polar surface area (TPSA) is 116 Å². The van der Waals surface area contributed by atoms with Crippen LogP contribution in [0.4, 0.5) is 11.8 Å². The Morgan fingerprint density at radius 2 is 1.84 bits per heavy atom. The van der Waals surface area contributed by atoms with Crippen molar-refractivity contribution in [2.45, 2.75) is 64.5 Å². The first-order valence-corrected chi connectivity index (χ1v) is 13.2. The lowest BCUT2D eigenvalue weighted by molar-refractivity contribution is -0.119. The molecule has 3 heterocycles. The number of fused-ring (bicyclic) bond motifs is 1. The zero-order valence-electron chi connectivity index (χ0n) is 21.7. The third kappa shape index (κ3) is 7.62. The minimum Gasteiger partial charge on any atom is -0.486 e. The van der Waals surface area contributed by atoms with Gasteiger partial charge in [-0.05, 0) is 50.5 Å². The van der Waals surface area contributed by atoms with E-state index in [1.807, 2.05) is 73.3 Å². The van der Waals surface area contributed by atoms with E-state index in [1.54, 1.807) is 0 Å². The number of nitrogens with zero attached hydrogens (tertiary/aromatic N) is 3. The largest absolute Gasteiger partial charge is 0.486 e. The van der Waals surface area contributed by atoms with Crippen molar-refractivity contribution in [2.24, 2.45) is 11.7 Å². The molecule has 9 nitrogen and oxygen atoms in total. The molecule has 1 aromatic carbocycles. The van der Waals surface area contributed by atoms with Gasteiger partial charge in [0.25, 0.3) is 0 Å². The summed E-state index contributed by atoms with van der Waals surface area (Å²) >= 11 is 0. The molecule has 3 aromatic rings. The molecule has 1 saturated carbocycles. The normalized spacial score (nSPS) is 17.7. The summed E-state index contributed by atoms with van der Waals surface area (Å²) in [6.07, 6.45) is 10.9. The zero-order chi connectivity index (χ0) is 26.0. The van der Waals surface area contributed by atoms with E-state index in [2.05, 4.69) is 20.6 Å². The highest BCUT2D eigenvalue weighted by atomic mass is 16.6. The Kier molecular flexibility index (Phi) is 9.24. The molecule has 0 spiro atoms. The molecular formula is C28H38N6O3. The highest BCUT2D eigenvalue weighted by Crippen LogP contribution is 2.30. The van der Waals surface area contributed by atoms with Crippen molar-refractivity contribution in [1.82, 2.24) is 14.5 Å². The zero-order valence-corrected chi connectivity index (χ0v) is 21.7. The average Bonchev–Trinajstić information content (AvgIpc) is 3.45. The quantitative estimate of drug-likeness (QED) is 0.402. The molecule has 1 aliphatic carbocycles. The van der Waals surface area contributed by atoms with Gasteiger partial charge in [-0.25, -0.2) is 0 Å². The Morgan fingerprint density at radius 3 is 2.54 bits per heavy atom. The van der Waals surface area contributed by atoms with Gasteiger partial charge in [0.05, 0.1) is 0 Å². The van der Waals surface area contributed by atoms with E-state index < -0.39 is 6.04 Å². The number of carbonyl (C=O) groups is 1. The maximum absolute atomic E-state index is 12.0. The molecule has 4 N–H and O–H groups in total. The smallest absolute Gasteiger partial charge is 0.239 e. The van der Waals surface area contributed by atoms with Crippen molar-refractivity contribution in [3.8, 4) is 17.3 Å². The van der Waals surface area contributed by atoms with E-state index in [0.29, 0.717) is 24.3 Å². The van der Waals surface area contributed by atoms with Crippen molar-refractivity contribution in [3.05, 3.63) is 54.9 Å². The van der Waals surface area contributed by atoms with Crippen molar-refractivity contribution >= 4 is 17.7 Å². The van der Waals surface area contributed by atoms with Crippen LogP contribution in [0, 0.1) is 5.92 Å². The van der Waals surface area contributed by atoms with Crippen LogP contribution in [0.2, 0.25) is 0 Å². The molecule has 2 aliphatic rings. The van der Waals surface area contributed by atoms with Gasteiger partial charge in [0.2, 0.25) is 11.9 Å². The lowest BCUT2D eigenvalue weighted by Crippen LogP contribution is -2.37. The standard InChI is InChI=1S/C19H28N6O.C9H10O2/c1-2-21-19-23-16(13-17(24-19)25-10-6-7-11-25)22-15(18(20)26)12-14-8-4-3-5-9-14;1-7-6-10-8-4-2-3-5-9(8)11-7/h6-7,10-11,13-15H,2-5,8-9,12H2,1H3,(H2,20,26)(H2,21,22,23,24);2-5,7H,6H2,1H3/t15-;/m1./s1. The monoisotopic (exact) mass is 506 g/mol. The number of carbonyl (C=O) groups excluding carboxylic acids is 1. The number of hydrogen-bond acceptors (Lipinski definition) is 7. The molecule has 1 unspecified atom stereocenters. The molecule has 1 aliphatic heterocycles. The molecule has 5 rings (SSSR count). The number of nitrogens with two attached hydrogens (primary N) is 1. The lowest BCUT2D eigenvalue weighted by atomic mass is 9.84. The van der Waals surface area contributed by atoms with Crippen molar-refractivity contribution in [2.75, 3.05) is 23.8 Å². The van der Waals surface area contributed by atoms with Gasteiger partial charge in [-0.1, -0.05) is 44.2 Å². The maximum Gasteiger partial charge on any atom is 0.239 e. The molecule has 0 bridgehead atoms. The number of amides is 1. The number of hydrogen-bond donors (Lipinski definition) is 3. The van der Waals surface area contributed by atoms with Crippen molar-refractivity contribution in [1.29, 1.82) is 0 Å². The molecule has 9 heteroatoms. The predicted molar refractivity (Wildman–Crippen MR) is 145 cm³/mol. The number of primary amides is 1. The fraction of sp³-hybridized carbons (Fsp3) is 0.464. The van der Waals surface area contributed by atoms with Crippen LogP contribution in [-0.4, -0.2) is 45.7 Å². The Balaban J connectivity index is 0.000000241. The number of para-hydroxylation sites is 2. The highest BCUT2D eigenvalue weighted by molar-refractivity contribution is 5.82. The van der Waals surface area contributed by atoms with Gasteiger partial charge in [0.1, 0.15) is 30.4 Å². The van der Waals surface area contributed by atoms with Gasteiger partial charge in [0, 0.05) is 25.0 Å². The van der Waals surface area contributed by atoms with Gasteiger partial charge in [0.15, 0.2) is 11.5 Å². The second kappa shape index (κ2) is 13.0. The summed E-state index contributed by atoms with van der Waals surface area (Å²) in [7, 11) is 0. The first-order chi connectivity index (χ1) is 18.0. The van der Waals surface area contributed by atoms with Gasteiger partial charge >= 0.3 is 0 Å². The summed E-state index contributed by atoms with van der Waals surface area (Å²) in [5, 5.41) is 6.39. The molecule has 1 amide bonds. The number of benzene rings is 1. The minimum atomic E-state index is -0.417. The third-order valence-corrected chi connectivity index (χ3v) is 6.53. The first kappa shape index (κ1) is 26.3. The van der Waals surface area contributed by atoms with E-state index >= 15 is 0 Å². The van der Waals surface area contributed by atoms with Gasteiger partial charge in [-0.15, -0.1) is 0 Å². The molecular weight excluding hydrogens is 468 g/mol. The molecule has 2 atom stereocenters. The van der Waals surface area contributed by atoms with Crippen LogP contribution in [0.15, 0.2) is 54.9 Å². The van der Waals surface area contributed by atoms with Crippen LogP contribution >= 0.6 is 0 Å². The van der Waals surface area contributed by atoms with Crippen LogP contribution in [0.1, 0.15) is 52.4 Å². The summed E-state index contributed by atoms with van der Waals surface area (Å²) < 4.78 is 12.8. The van der Waals surface area contributed by atoms with E-state index in [-0.39, 0.29) is 12.0 Å². The number of aromatic nitrogens is 3. The predicted octanol–water partition coefficient (Wildman–Crippen LogP) is 4.78. The molecule has 2 aromatic heterocycles. The fourth-order valence-electron chi connectivity index (χ4n) is 4.67. The molecule has 198 valence electrons. The summed E-state index contributed by atoms with van der Waals surface area (Å²) in [4.78, 5) is 21.0.